The zero-order valence-electron chi connectivity index (χ0n) is 10.1. The molecule has 0 aromatic carbocycles. The standard InChI is InChI=1S/C13H22N2O/c1-12(6-7-14-8-12)11(16)15-9-13(4-5-13)10-2-3-10/h10,14H,2-9H2,1H3,(H,15,16)/t12-/m1/s1. The molecule has 3 rings (SSSR count). The van der Waals surface area contributed by atoms with Crippen molar-refractivity contribution in [2.24, 2.45) is 16.7 Å². The molecule has 16 heavy (non-hydrogen) atoms. The molecule has 1 atom stereocenters. The average Bonchev–Trinajstić information content (AvgIpc) is 3.15. The van der Waals surface area contributed by atoms with Crippen LogP contribution in [0.25, 0.3) is 0 Å². The molecular weight excluding hydrogens is 200 g/mol. The Hall–Kier alpha value is -0.570. The molecule has 1 saturated heterocycles. The third-order valence-corrected chi connectivity index (χ3v) is 4.85. The van der Waals surface area contributed by atoms with Crippen molar-refractivity contribution in [1.82, 2.24) is 10.6 Å². The highest BCUT2D eigenvalue weighted by molar-refractivity contribution is 5.82. The highest BCUT2D eigenvalue weighted by atomic mass is 16.2. The summed E-state index contributed by atoms with van der Waals surface area (Å²) in [7, 11) is 0. The van der Waals surface area contributed by atoms with Crippen LogP contribution in [0.5, 0.6) is 0 Å². The number of carbonyl (C=O) groups excluding carboxylic acids is 1. The van der Waals surface area contributed by atoms with Gasteiger partial charge < -0.3 is 10.6 Å². The van der Waals surface area contributed by atoms with Crippen molar-refractivity contribution in [2.45, 2.75) is 39.0 Å². The van der Waals surface area contributed by atoms with Crippen molar-refractivity contribution in [3.63, 3.8) is 0 Å². The van der Waals surface area contributed by atoms with E-state index in [4.69, 9.17) is 0 Å². The summed E-state index contributed by atoms with van der Waals surface area (Å²) < 4.78 is 0. The van der Waals surface area contributed by atoms with Crippen LogP contribution in [0, 0.1) is 16.7 Å². The number of amides is 1. The molecule has 0 radical (unpaired) electrons. The summed E-state index contributed by atoms with van der Waals surface area (Å²) >= 11 is 0. The van der Waals surface area contributed by atoms with Gasteiger partial charge in [0.1, 0.15) is 0 Å². The number of rotatable bonds is 4. The molecule has 0 bridgehead atoms. The second-order valence-electron chi connectivity index (χ2n) is 6.31. The fourth-order valence-corrected chi connectivity index (χ4v) is 3.07. The maximum atomic E-state index is 12.1. The minimum atomic E-state index is -0.153. The van der Waals surface area contributed by atoms with E-state index >= 15 is 0 Å². The van der Waals surface area contributed by atoms with Crippen molar-refractivity contribution in [1.29, 1.82) is 0 Å². The number of hydrogen-bond donors (Lipinski definition) is 2. The summed E-state index contributed by atoms with van der Waals surface area (Å²) in [6.07, 6.45) is 6.46. The normalized spacial score (nSPS) is 36.1. The summed E-state index contributed by atoms with van der Waals surface area (Å²) in [6.45, 7) is 4.85. The molecular formula is C13H22N2O. The second kappa shape index (κ2) is 3.46. The lowest BCUT2D eigenvalue weighted by atomic mass is 9.88. The molecule has 3 nitrogen and oxygen atoms in total. The van der Waals surface area contributed by atoms with Gasteiger partial charge in [0.15, 0.2) is 0 Å². The van der Waals surface area contributed by atoms with Gasteiger partial charge in [-0.3, -0.25) is 4.79 Å². The minimum Gasteiger partial charge on any atom is -0.355 e. The lowest BCUT2D eigenvalue weighted by Crippen LogP contribution is -2.43. The molecule has 2 N–H and O–H groups in total. The number of nitrogens with one attached hydrogen (secondary N) is 2. The van der Waals surface area contributed by atoms with E-state index in [1.54, 1.807) is 0 Å². The van der Waals surface area contributed by atoms with Crippen molar-refractivity contribution < 1.29 is 4.79 Å². The minimum absolute atomic E-state index is 0.153. The predicted molar refractivity (Wildman–Crippen MR) is 63.0 cm³/mol. The SMILES string of the molecule is C[C@@]1(C(=O)NCC2(C3CC3)CC2)CCNC1. The van der Waals surface area contributed by atoms with E-state index in [2.05, 4.69) is 17.6 Å². The van der Waals surface area contributed by atoms with E-state index in [0.29, 0.717) is 5.41 Å². The third-order valence-electron chi connectivity index (χ3n) is 4.85. The first-order chi connectivity index (χ1) is 7.65. The fourth-order valence-electron chi connectivity index (χ4n) is 3.07. The van der Waals surface area contributed by atoms with Gasteiger partial charge in [-0.05, 0) is 56.9 Å². The molecule has 3 aliphatic rings. The molecule has 0 aromatic heterocycles. The Balaban J connectivity index is 1.53. The molecule has 1 amide bonds. The van der Waals surface area contributed by atoms with Crippen molar-refractivity contribution in [2.75, 3.05) is 19.6 Å². The van der Waals surface area contributed by atoms with E-state index in [0.717, 1.165) is 32.0 Å². The Morgan fingerprint density at radius 1 is 1.38 bits per heavy atom. The summed E-state index contributed by atoms with van der Waals surface area (Å²) in [5.74, 6) is 1.20. The zero-order valence-corrected chi connectivity index (χ0v) is 10.1. The van der Waals surface area contributed by atoms with Crippen LogP contribution < -0.4 is 10.6 Å². The van der Waals surface area contributed by atoms with Gasteiger partial charge in [-0.15, -0.1) is 0 Å². The first kappa shape index (κ1) is 10.6. The quantitative estimate of drug-likeness (QED) is 0.752. The topological polar surface area (TPSA) is 41.1 Å². The third kappa shape index (κ3) is 1.75. The van der Waals surface area contributed by atoms with E-state index < -0.39 is 0 Å². The Kier molecular flexibility index (Phi) is 2.29. The fraction of sp³-hybridized carbons (Fsp3) is 0.923. The summed E-state index contributed by atoms with van der Waals surface area (Å²) in [6, 6.07) is 0. The molecule has 0 unspecified atom stereocenters. The van der Waals surface area contributed by atoms with E-state index in [-0.39, 0.29) is 11.3 Å². The summed E-state index contributed by atoms with van der Waals surface area (Å²) in [4.78, 5) is 12.1. The van der Waals surface area contributed by atoms with Gasteiger partial charge in [0.25, 0.3) is 0 Å². The van der Waals surface area contributed by atoms with Gasteiger partial charge in [-0.25, -0.2) is 0 Å². The van der Waals surface area contributed by atoms with Crippen LogP contribution in [0.4, 0.5) is 0 Å². The van der Waals surface area contributed by atoms with Gasteiger partial charge in [-0.1, -0.05) is 0 Å². The van der Waals surface area contributed by atoms with E-state index in [1.807, 2.05) is 0 Å². The highest BCUT2D eigenvalue weighted by Gasteiger charge is 2.54. The zero-order chi connectivity index (χ0) is 11.2. The summed E-state index contributed by atoms with van der Waals surface area (Å²) in [5.41, 5.74) is 0.373. The van der Waals surface area contributed by atoms with Crippen LogP contribution in [-0.4, -0.2) is 25.5 Å². The lowest BCUT2D eigenvalue weighted by molar-refractivity contribution is -0.129. The lowest BCUT2D eigenvalue weighted by Gasteiger charge is -2.24. The molecule has 1 aliphatic heterocycles. The molecule has 1 heterocycles. The smallest absolute Gasteiger partial charge is 0.227 e. The molecule has 3 heteroatoms. The largest absolute Gasteiger partial charge is 0.355 e. The Labute approximate surface area is 97.4 Å². The van der Waals surface area contributed by atoms with Crippen LogP contribution in [0.15, 0.2) is 0 Å². The van der Waals surface area contributed by atoms with Crippen LogP contribution in [0.2, 0.25) is 0 Å². The van der Waals surface area contributed by atoms with Crippen LogP contribution in [0.3, 0.4) is 0 Å². The van der Waals surface area contributed by atoms with Gasteiger partial charge in [0.2, 0.25) is 5.91 Å². The van der Waals surface area contributed by atoms with E-state index in [1.165, 1.54) is 25.7 Å². The van der Waals surface area contributed by atoms with Crippen LogP contribution >= 0.6 is 0 Å². The van der Waals surface area contributed by atoms with Crippen molar-refractivity contribution >= 4 is 5.91 Å². The molecule has 2 saturated carbocycles. The van der Waals surface area contributed by atoms with Crippen molar-refractivity contribution in [3.05, 3.63) is 0 Å². The Morgan fingerprint density at radius 2 is 2.12 bits per heavy atom. The van der Waals surface area contributed by atoms with Gasteiger partial charge in [-0.2, -0.15) is 0 Å². The summed E-state index contributed by atoms with van der Waals surface area (Å²) in [5, 5.41) is 6.49. The van der Waals surface area contributed by atoms with Gasteiger partial charge in [0.05, 0.1) is 5.41 Å². The molecule has 3 fully saturated rings. The molecule has 0 aromatic rings. The van der Waals surface area contributed by atoms with Gasteiger partial charge in [0, 0.05) is 13.1 Å². The Bertz CT molecular complexity index is 299. The number of hydrogen-bond acceptors (Lipinski definition) is 2. The first-order valence-corrected chi connectivity index (χ1v) is 6.64. The second-order valence-corrected chi connectivity index (χ2v) is 6.31. The molecule has 90 valence electrons. The Morgan fingerprint density at radius 3 is 2.62 bits per heavy atom. The monoisotopic (exact) mass is 222 g/mol. The molecule has 2 aliphatic carbocycles. The number of carbonyl (C=O) groups is 1. The van der Waals surface area contributed by atoms with Crippen LogP contribution in [-0.2, 0) is 4.79 Å². The molecule has 0 spiro atoms. The van der Waals surface area contributed by atoms with E-state index in [9.17, 15) is 4.79 Å². The van der Waals surface area contributed by atoms with Gasteiger partial charge >= 0.3 is 0 Å². The predicted octanol–water partition coefficient (Wildman–Crippen LogP) is 1.29. The maximum absolute atomic E-state index is 12.1. The van der Waals surface area contributed by atoms with Crippen LogP contribution in [0.1, 0.15) is 39.0 Å². The highest BCUT2D eigenvalue weighted by Crippen LogP contribution is 2.60. The average molecular weight is 222 g/mol. The maximum Gasteiger partial charge on any atom is 0.227 e. The van der Waals surface area contributed by atoms with Crippen molar-refractivity contribution in [3.8, 4) is 0 Å². The first-order valence-electron chi connectivity index (χ1n) is 6.64.